The minimum atomic E-state index is 0.196. The molecule has 27 heavy (non-hydrogen) atoms. The van der Waals surface area contributed by atoms with Gasteiger partial charge in [0.15, 0.2) is 0 Å². The lowest BCUT2D eigenvalue weighted by Gasteiger charge is -2.11. The monoisotopic (exact) mass is 358 g/mol. The van der Waals surface area contributed by atoms with E-state index in [0.29, 0.717) is 11.1 Å². The Kier molecular flexibility index (Phi) is 5.36. The molecule has 0 spiro atoms. The summed E-state index contributed by atoms with van der Waals surface area (Å²) >= 11 is 0. The Labute approximate surface area is 159 Å². The Morgan fingerprint density at radius 2 is 1.07 bits per heavy atom. The lowest BCUT2D eigenvalue weighted by molar-refractivity contribution is 0.474. The van der Waals surface area contributed by atoms with Crippen LogP contribution in [0.25, 0.3) is 0 Å². The van der Waals surface area contributed by atoms with Gasteiger partial charge in [-0.1, -0.05) is 30.3 Å². The molecule has 0 aliphatic heterocycles. The topological polar surface area (TPSA) is 65.2 Å². The fourth-order valence-corrected chi connectivity index (χ4v) is 3.02. The summed E-state index contributed by atoms with van der Waals surface area (Å²) in [6.07, 6.45) is 3.33. The molecule has 0 amide bonds. The third-order valence-corrected chi connectivity index (χ3v) is 4.43. The molecule has 3 aromatic carbocycles. The number of nitrogens with zero attached hydrogens (tertiary/aromatic N) is 2. The van der Waals surface area contributed by atoms with Crippen LogP contribution in [0.2, 0.25) is 0 Å². The minimum absolute atomic E-state index is 0.196. The molecule has 0 aromatic heterocycles. The maximum absolute atomic E-state index is 9.92. The Balaban J connectivity index is 2.01. The molecule has 0 aliphatic carbocycles. The van der Waals surface area contributed by atoms with E-state index >= 15 is 0 Å². The van der Waals surface area contributed by atoms with Crippen LogP contribution in [-0.2, 0) is 0 Å². The predicted octanol–water partition coefficient (Wildman–Crippen LogP) is 5.52. The number of rotatable bonds is 4. The number of hydrogen-bond acceptors (Lipinski definition) is 4. The first kappa shape index (κ1) is 18.4. The molecule has 0 saturated carbocycles. The zero-order valence-corrected chi connectivity index (χ0v) is 15.6. The van der Waals surface area contributed by atoms with Crippen molar-refractivity contribution >= 4 is 23.8 Å². The van der Waals surface area contributed by atoms with Crippen LogP contribution in [0.4, 0.5) is 11.4 Å². The van der Waals surface area contributed by atoms with Crippen LogP contribution >= 0.6 is 0 Å². The smallest absolute Gasteiger partial charge is 0.124 e. The molecule has 3 aromatic rings. The third-order valence-electron chi connectivity index (χ3n) is 4.43. The number of hydrogen-bond donors (Lipinski definition) is 2. The summed E-state index contributed by atoms with van der Waals surface area (Å²) in [6.45, 7) is 6.00. The largest absolute Gasteiger partial charge is 0.507 e. The second-order valence-electron chi connectivity index (χ2n) is 6.47. The predicted molar refractivity (Wildman–Crippen MR) is 111 cm³/mol. The van der Waals surface area contributed by atoms with Crippen molar-refractivity contribution in [3.05, 3.63) is 82.4 Å². The number of benzene rings is 3. The van der Waals surface area contributed by atoms with E-state index in [0.717, 1.165) is 28.1 Å². The van der Waals surface area contributed by atoms with Crippen molar-refractivity contribution in [1.29, 1.82) is 0 Å². The second kappa shape index (κ2) is 7.87. The number of aliphatic imine (C=N–C) groups is 2. The molecule has 0 atom stereocenters. The van der Waals surface area contributed by atoms with E-state index < -0.39 is 0 Å². The highest BCUT2D eigenvalue weighted by Gasteiger charge is 2.10. The van der Waals surface area contributed by atoms with Crippen molar-refractivity contribution in [2.24, 2.45) is 9.98 Å². The first-order chi connectivity index (χ1) is 13.0. The van der Waals surface area contributed by atoms with Crippen molar-refractivity contribution in [3.63, 3.8) is 0 Å². The molecule has 0 unspecified atom stereocenters. The van der Waals surface area contributed by atoms with Crippen LogP contribution in [0.5, 0.6) is 11.5 Å². The summed E-state index contributed by atoms with van der Waals surface area (Å²) in [5.74, 6) is 0.392. The number of phenols is 2. The van der Waals surface area contributed by atoms with Gasteiger partial charge < -0.3 is 10.2 Å². The third kappa shape index (κ3) is 4.06. The van der Waals surface area contributed by atoms with Crippen molar-refractivity contribution in [1.82, 2.24) is 0 Å². The van der Waals surface area contributed by atoms with E-state index in [2.05, 4.69) is 9.98 Å². The second-order valence-corrected chi connectivity index (χ2v) is 6.47. The lowest BCUT2D eigenvalue weighted by Crippen LogP contribution is -1.89. The first-order valence-corrected chi connectivity index (χ1v) is 8.72. The van der Waals surface area contributed by atoms with Gasteiger partial charge in [0.05, 0.1) is 11.4 Å². The fraction of sp³-hybridized carbons (Fsp3) is 0.130. The molecule has 4 heteroatoms. The summed E-state index contributed by atoms with van der Waals surface area (Å²) in [5.41, 5.74) is 6.01. The maximum Gasteiger partial charge on any atom is 0.124 e. The van der Waals surface area contributed by atoms with Gasteiger partial charge >= 0.3 is 0 Å². The average Bonchev–Trinajstić information content (AvgIpc) is 2.64. The normalized spacial score (nSPS) is 11.5. The highest BCUT2D eigenvalue weighted by Crippen LogP contribution is 2.35. The zero-order valence-electron chi connectivity index (χ0n) is 15.6. The minimum Gasteiger partial charge on any atom is -0.507 e. The van der Waals surface area contributed by atoms with Crippen LogP contribution in [0.1, 0.15) is 27.8 Å². The van der Waals surface area contributed by atoms with Crippen molar-refractivity contribution < 1.29 is 10.2 Å². The van der Waals surface area contributed by atoms with Gasteiger partial charge in [-0.15, -0.1) is 0 Å². The summed E-state index contributed by atoms with van der Waals surface area (Å²) in [7, 11) is 0. The molecule has 0 fully saturated rings. The first-order valence-electron chi connectivity index (χ1n) is 8.72. The van der Waals surface area contributed by atoms with E-state index in [1.807, 2.05) is 51.1 Å². The molecule has 0 radical (unpaired) electrons. The molecular formula is C23H22N2O2. The molecule has 3 rings (SSSR count). The average molecular weight is 358 g/mol. The molecule has 0 aliphatic rings. The number of para-hydroxylation sites is 2. The summed E-state index contributed by atoms with van der Waals surface area (Å²) in [4.78, 5) is 9.20. The molecule has 0 saturated heterocycles. The van der Waals surface area contributed by atoms with Gasteiger partial charge in [0.1, 0.15) is 11.5 Å². The molecule has 4 nitrogen and oxygen atoms in total. The highest BCUT2D eigenvalue weighted by atomic mass is 16.3. The quantitative estimate of drug-likeness (QED) is 0.603. The van der Waals surface area contributed by atoms with Crippen LogP contribution < -0.4 is 0 Å². The summed E-state index contributed by atoms with van der Waals surface area (Å²) < 4.78 is 0. The standard InChI is InChI=1S/C23H22N2O2/c1-15-12-16(2)23(25-14-19-9-5-7-11-21(19)27)17(3)22(15)24-13-18-8-4-6-10-20(18)26/h4-14,26-27H,1-3H3. The summed E-state index contributed by atoms with van der Waals surface area (Å²) in [5, 5.41) is 19.8. The van der Waals surface area contributed by atoms with Gasteiger partial charge in [-0.25, -0.2) is 0 Å². The molecular weight excluding hydrogens is 336 g/mol. The van der Waals surface area contributed by atoms with Gasteiger partial charge in [0.2, 0.25) is 0 Å². The molecule has 136 valence electrons. The Hall–Kier alpha value is -3.40. The number of phenolic OH excluding ortho intramolecular Hbond substituents is 2. The van der Waals surface area contributed by atoms with Crippen LogP contribution in [-0.4, -0.2) is 22.6 Å². The Morgan fingerprint density at radius 1 is 0.667 bits per heavy atom. The maximum atomic E-state index is 9.92. The van der Waals surface area contributed by atoms with Gasteiger partial charge in [-0.2, -0.15) is 0 Å². The SMILES string of the molecule is Cc1cc(C)c(N=Cc2ccccc2O)c(C)c1N=Cc1ccccc1O. The van der Waals surface area contributed by atoms with Gasteiger partial charge in [0.25, 0.3) is 0 Å². The van der Waals surface area contributed by atoms with E-state index in [-0.39, 0.29) is 11.5 Å². The van der Waals surface area contributed by atoms with E-state index in [1.165, 1.54) is 0 Å². The van der Waals surface area contributed by atoms with E-state index in [1.54, 1.807) is 36.7 Å². The molecule has 0 heterocycles. The van der Waals surface area contributed by atoms with Crippen molar-refractivity contribution in [3.8, 4) is 11.5 Å². The van der Waals surface area contributed by atoms with Gasteiger partial charge in [-0.05, 0) is 56.2 Å². The zero-order chi connectivity index (χ0) is 19.4. The fourth-order valence-electron chi connectivity index (χ4n) is 3.02. The highest BCUT2D eigenvalue weighted by molar-refractivity contribution is 5.88. The lowest BCUT2D eigenvalue weighted by atomic mass is 10.0. The van der Waals surface area contributed by atoms with Gasteiger partial charge in [-0.3, -0.25) is 9.98 Å². The van der Waals surface area contributed by atoms with Crippen LogP contribution in [0.3, 0.4) is 0 Å². The Morgan fingerprint density at radius 3 is 1.48 bits per heavy atom. The van der Waals surface area contributed by atoms with E-state index in [4.69, 9.17) is 0 Å². The number of aromatic hydroxyl groups is 2. The van der Waals surface area contributed by atoms with E-state index in [9.17, 15) is 10.2 Å². The number of aryl methyl sites for hydroxylation is 2. The molecule has 0 bridgehead atoms. The van der Waals surface area contributed by atoms with Crippen LogP contribution in [0, 0.1) is 20.8 Å². The molecule has 2 N–H and O–H groups in total. The van der Waals surface area contributed by atoms with Gasteiger partial charge in [0, 0.05) is 29.1 Å². The Bertz CT molecular complexity index is 957. The van der Waals surface area contributed by atoms with Crippen molar-refractivity contribution in [2.45, 2.75) is 20.8 Å². The summed E-state index contributed by atoms with van der Waals surface area (Å²) in [6, 6.07) is 16.2. The van der Waals surface area contributed by atoms with Crippen molar-refractivity contribution in [2.75, 3.05) is 0 Å². The van der Waals surface area contributed by atoms with Crippen LogP contribution in [0.15, 0.2) is 64.6 Å².